The maximum atomic E-state index is 11.6. The summed E-state index contributed by atoms with van der Waals surface area (Å²) in [4.78, 5) is 11.6. The lowest BCUT2D eigenvalue weighted by molar-refractivity contribution is -0.125. The molecule has 0 bridgehead atoms. The van der Waals surface area contributed by atoms with E-state index < -0.39 is 0 Å². The van der Waals surface area contributed by atoms with Gasteiger partial charge in [-0.25, -0.2) is 0 Å². The first-order valence-corrected chi connectivity index (χ1v) is 8.04. The van der Waals surface area contributed by atoms with E-state index in [-0.39, 0.29) is 36.0 Å². The van der Waals surface area contributed by atoms with E-state index in [0.717, 1.165) is 6.42 Å². The number of phenols is 1. The number of nitrogens with two attached hydrogens (primary N) is 1. The summed E-state index contributed by atoms with van der Waals surface area (Å²) in [5.41, 5.74) is 6.09. The summed E-state index contributed by atoms with van der Waals surface area (Å²) in [5, 5.41) is 10.8. The topological polar surface area (TPSA) is 72.6 Å². The summed E-state index contributed by atoms with van der Waals surface area (Å²) in [7, 11) is 1.55. The van der Waals surface area contributed by atoms with E-state index in [1.54, 1.807) is 13.2 Å². The van der Waals surface area contributed by atoms with E-state index in [1.807, 2.05) is 13.8 Å². The van der Waals surface area contributed by atoms with Crippen LogP contribution < -0.4 is 5.73 Å². The zero-order chi connectivity index (χ0) is 16.9. The zero-order valence-corrected chi connectivity index (χ0v) is 14.6. The number of amides is 1. The third kappa shape index (κ3) is 4.51. The maximum absolute atomic E-state index is 11.6. The number of rotatable bonds is 8. The van der Waals surface area contributed by atoms with Crippen LogP contribution in [0.3, 0.4) is 0 Å². The summed E-state index contributed by atoms with van der Waals surface area (Å²) in [6.07, 6.45) is 1.43. The van der Waals surface area contributed by atoms with Gasteiger partial charge in [0, 0.05) is 12.7 Å². The van der Waals surface area contributed by atoms with Gasteiger partial charge < -0.3 is 15.6 Å². The lowest BCUT2D eigenvalue weighted by Gasteiger charge is -2.27. The van der Waals surface area contributed by atoms with Gasteiger partial charge in [0.2, 0.25) is 5.91 Å². The SMILES string of the molecule is CC[C@@H](C[C@@H](C)c1c(O)ccc(Cl)c1Cl)[C@H](COC)C(N)=O. The van der Waals surface area contributed by atoms with E-state index >= 15 is 0 Å². The number of phenolic OH excluding ortho intramolecular Hbond substituents is 1. The Morgan fingerprint density at radius 3 is 2.55 bits per heavy atom. The van der Waals surface area contributed by atoms with Crippen molar-refractivity contribution in [3.05, 3.63) is 27.7 Å². The van der Waals surface area contributed by atoms with Gasteiger partial charge in [-0.2, -0.15) is 0 Å². The molecule has 4 nitrogen and oxygen atoms in total. The molecule has 1 rings (SSSR count). The highest BCUT2D eigenvalue weighted by Gasteiger charge is 2.28. The number of hydrogen-bond acceptors (Lipinski definition) is 3. The standard InChI is InChI=1S/C16H23Cl2NO3/c1-4-10(11(8-22-3)16(19)21)7-9(2)14-13(20)6-5-12(17)15(14)18/h5-6,9-11,20H,4,7-8H2,1-3H3,(H2,19,21)/t9-,10+,11+/m1/s1. The van der Waals surface area contributed by atoms with Gasteiger partial charge in [0.05, 0.1) is 22.6 Å². The normalized spacial score (nSPS) is 15.3. The number of methoxy groups -OCH3 is 1. The minimum atomic E-state index is -0.373. The molecule has 3 atom stereocenters. The van der Waals surface area contributed by atoms with Crippen molar-refractivity contribution in [1.82, 2.24) is 0 Å². The Kier molecular flexibility index (Phi) is 7.46. The van der Waals surface area contributed by atoms with Crippen LogP contribution in [0.1, 0.15) is 38.2 Å². The first-order chi connectivity index (χ1) is 10.3. The van der Waals surface area contributed by atoms with E-state index in [9.17, 15) is 9.90 Å². The molecule has 22 heavy (non-hydrogen) atoms. The highest BCUT2D eigenvalue weighted by atomic mass is 35.5. The zero-order valence-electron chi connectivity index (χ0n) is 13.1. The van der Waals surface area contributed by atoms with Crippen molar-refractivity contribution in [3.63, 3.8) is 0 Å². The molecule has 3 N–H and O–H groups in total. The van der Waals surface area contributed by atoms with Crippen LogP contribution in [0.2, 0.25) is 10.0 Å². The highest BCUT2D eigenvalue weighted by Crippen LogP contribution is 2.41. The molecule has 0 spiro atoms. The smallest absolute Gasteiger partial charge is 0.223 e. The second-order valence-corrected chi connectivity index (χ2v) is 6.35. The lowest BCUT2D eigenvalue weighted by atomic mass is 9.80. The molecule has 0 aromatic heterocycles. The highest BCUT2D eigenvalue weighted by molar-refractivity contribution is 6.42. The predicted molar refractivity (Wildman–Crippen MR) is 89.5 cm³/mol. The van der Waals surface area contributed by atoms with E-state index in [2.05, 4.69) is 0 Å². The fourth-order valence-electron chi connectivity index (χ4n) is 2.84. The largest absolute Gasteiger partial charge is 0.508 e. The van der Waals surface area contributed by atoms with Crippen molar-refractivity contribution in [1.29, 1.82) is 0 Å². The lowest BCUT2D eigenvalue weighted by Crippen LogP contribution is -2.34. The van der Waals surface area contributed by atoms with E-state index in [1.165, 1.54) is 6.07 Å². The Morgan fingerprint density at radius 2 is 2.05 bits per heavy atom. The van der Waals surface area contributed by atoms with Crippen LogP contribution in [-0.2, 0) is 9.53 Å². The number of aromatic hydroxyl groups is 1. The van der Waals surface area contributed by atoms with Gasteiger partial charge in [-0.1, -0.05) is 43.5 Å². The first kappa shape index (κ1) is 19.1. The monoisotopic (exact) mass is 347 g/mol. The number of carbonyl (C=O) groups excluding carboxylic acids is 1. The molecule has 1 aromatic rings. The van der Waals surface area contributed by atoms with Crippen LogP contribution in [0.5, 0.6) is 5.75 Å². The van der Waals surface area contributed by atoms with E-state index in [0.29, 0.717) is 22.0 Å². The number of hydrogen-bond donors (Lipinski definition) is 2. The van der Waals surface area contributed by atoms with Crippen molar-refractivity contribution in [2.45, 2.75) is 32.6 Å². The molecule has 0 aliphatic carbocycles. The predicted octanol–water partition coefficient (Wildman–Crippen LogP) is 3.97. The van der Waals surface area contributed by atoms with Crippen molar-refractivity contribution in [2.24, 2.45) is 17.6 Å². The summed E-state index contributed by atoms with van der Waals surface area (Å²) in [6.45, 7) is 4.24. The van der Waals surface area contributed by atoms with Gasteiger partial charge >= 0.3 is 0 Å². The molecule has 0 saturated heterocycles. The van der Waals surface area contributed by atoms with Crippen LogP contribution in [0.15, 0.2) is 12.1 Å². The molecule has 0 radical (unpaired) electrons. The number of benzene rings is 1. The third-order valence-electron chi connectivity index (χ3n) is 4.06. The third-order valence-corrected chi connectivity index (χ3v) is 4.88. The number of halogens is 2. The average molecular weight is 348 g/mol. The van der Waals surface area contributed by atoms with Crippen molar-refractivity contribution >= 4 is 29.1 Å². The Morgan fingerprint density at radius 1 is 1.41 bits per heavy atom. The molecule has 0 fully saturated rings. The number of carbonyl (C=O) groups is 1. The van der Waals surface area contributed by atoms with Crippen LogP contribution in [0.4, 0.5) is 0 Å². The Hall–Kier alpha value is -0.970. The van der Waals surface area contributed by atoms with Crippen molar-refractivity contribution in [3.8, 4) is 5.75 Å². The quantitative estimate of drug-likeness (QED) is 0.747. The van der Waals surface area contributed by atoms with Gasteiger partial charge in [-0.15, -0.1) is 0 Å². The van der Waals surface area contributed by atoms with Crippen LogP contribution in [0, 0.1) is 11.8 Å². The summed E-state index contributed by atoms with van der Waals surface area (Å²) >= 11 is 12.2. The second-order valence-electron chi connectivity index (χ2n) is 5.56. The molecule has 0 unspecified atom stereocenters. The summed E-state index contributed by atoms with van der Waals surface area (Å²) < 4.78 is 5.10. The molecule has 1 aromatic carbocycles. The van der Waals surface area contributed by atoms with Gasteiger partial charge in [-0.05, 0) is 30.4 Å². The van der Waals surface area contributed by atoms with Crippen molar-refractivity contribution in [2.75, 3.05) is 13.7 Å². The Bertz CT molecular complexity index is 522. The molecule has 0 heterocycles. The fourth-order valence-corrected chi connectivity index (χ4v) is 3.35. The minimum absolute atomic E-state index is 0.0434. The molecule has 6 heteroatoms. The van der Waals surface area contributed by atoms with Crippen LogP contribution in [0.25, 0.3) is 0 Å². The van der Waals surface area contributed by atoms with Crippen LogP contribution in [-0.4, -0.2) is 24.7 Å². The molecule has 1 amide bonds. The summed E-state index contributed by atoms with van der Waals surface area (Å²) in [6, 6.07) is 3.09. The fraction of sp³-hybridized carbons (Fsp3) is 0.562. The van der Waals surface area contributed by atoms with E-state index in [4.69, 9.17) is 33.7 Å². The number of primary amides is 1. The molecular weight excluding hydrogens is 325 g/mol. The molecular formula is C16H23Cl2NO3. The summed E-state index contributed by atoms with van der Waals surface area (Å²) in [5.74, 6) is -0.643. The molecule has 0 aliphatic rings. The first-order valence-electron chi connectivity index (χ1n) is 7.28. The Balaban J connectivity index is 3.00. The minimum Gasteiger partial charge on any atom is -0.508 e. The number of ether oxygens (including phenoxy) is 1. The van der Waals surface area contributed by atoms with Gasteiger partial charge in [0.1, 0.15) is 5.75 Å². The molecule has 0 saturated carbocycles. The van der Waals surface area contributed by atoms with Gasteiger partial charge in [-0.3, -0.25) is 4.79 Å². The molecule has 0 aliphatic heterocycles. The second kappa shape index (κ2) is 8.61. The Labute approximate surface area is 141 Å². The molecule has 124 valence electrons. The average Bonchev–Trinajstić information content (AvgIpc) is 2.46. The maximum Gasteiger partial charge on any atom is 0.223 e. The van der Waals surface area contributed by atoms with Crippen molar-refractivity contribution < 1.29 is 14.6 Å². The van der Waals surface area contributed by atoms with Crippen LogP contribution >= 0.6 is 23.2 Å². The van der Waals surface area contributed by atoms with Gasteiger partial charge in [0.25, 0.3) is 0 Å². The van der Waals surface area contributed by atoms with Gasteiger partial charge in [0.15, 0.2) is 0 Å².